The molecule has 1 aliphatic heterocycles. The van der Waals surface area contributed by atoms with Crippen molar-refractivity contribution in [2.45, 2.75) is 30.3 Å². The molecule has 5 heteroatoms. The molecule has 1 saturated heterocycles. The van der Waals surface area contributed by atoms with Crippen LogP contribution in [0.1, 0.15) is 19.3 Å². The van der Waals surface area contributed by atoms with E-state index >= 15 is 0 Å². The molecule has 0 saturated carbocycles. The summed E-state index contributed by atoms with van der Waals surface area (Å²) in [5.41, 5.74) is 6.10. The van der Waals surface area contributed by atoms with Gasteiger partial charge in [-0.3, -0.25) is 0 Å². The number of rotatable bonds is 4. The lowest BCUT2D eigenvalue weighted by Crippen LogP contribution is -2.14. The maximum absolute atomic E-state index is 12.0. The number of anilines is 1. The fraction of sp³-hybridized carbons (Fsp3) is 0.500. The van der Waals surface area contributed by atoms with Crippen molar-refractivity contribution >= 4 is 15.5 Å². The summed E-state index contributed by atoms with van der Waals surface area (Å²) in [5.74, 6) is 0.140. The van der Waals surface area contributed by atoms with Crippen molar-refractivity contribution in [3.8, 4) is 0 Å². The zero-order valence-corrected chi connectivity index (χ0v) is 10.4. The van der Waals surface area contributed by atoms with E-state index in [1.807, 2.05) is 0 Å². The molecule has 2 rings (SSSR count). The smallest absolute Gasteiger partial charge is 0.178 e. The Kier molecular flexibility index (Phi) is 3.69. The van der Waals surface area contributed by atoms with E-state index in [4.69, 9.17) is 10.5 Å². The summed E-state index contributed by atoms with van der Waals surface area (Å²) in [6.45, 7) is 0.757. The maximum atomic E-state index is 12.0. The molecule has 0 aliphatic carbocycles. The van der Waals surface area contributed by atoms with E-state index in [9.17, 15) is 8.42 Å². The predicted octanol–water partition coefficient (Wildman–Crippen LogP) is 1.61. The van der Waals surface area contributed by atoms with Crippen LogP contribution in [-0.4, -0.2) is 26.9 Å². The Balaban J connectivity index is 2.00. The van der Waals surface area contributed by atoms with Crippen LogP contribution in [0.25, 0.3) is 0 Å². The summed E-state index contributed by atoms with van der Waals surface area (Å²) in [6.07, 6.45) is 2.69. The highest BCUT2D eigenvalue weighted by Crippen LogP contribution is 2.19. The summed E-state index contributed by atoms with van der Waals surface area (Å²) in [4.78, 5) is 0.338. The number of nitrogens with two attached hydrogens (primary N) is 1. The minimum atomic E-state index is -3.20. The molecule has 0 spiro atoms. The summed E-state index contributed by atoms with van der Waals surface area (Å²) >= 11 is 0. The minimum absolute atomic E-state index is 0.110. The first kappa shape index (κ1) is 12.4. The van der Waals surface area contributed by atoms with E-state index in [0.717, 1.165) is 19.4 Å². The minimum Gasteiger partial charge on any atom is -0.399 e. The molecule has 94 valence electrons. The monoisotopic (exact) mass is 255 g/mol. The highest BCUT2D eigenvalue weighted by Gasteiger charge is 2.20. The topological polar surface area (TPSA) is 69.4 Å². The van der Waals surface area contributed by atoms with Gasteiger partial charge in [0.2, 0.25) is 0 Å². The molecular weight excluding hydrogens is 238 g/mol. The van der Waals surface area contributed by atoms with Crippen LogP contribution in [0.2, 0.25) is 0 Å². The van der Waals surface area contributed by atoms with Crippen LogP contribution in [0, 0.1) is 0 Å². The Hall–Kier alpha value is -1.07. The molecule has 1 heterocycles. The first-order chi connectivity index (χ1) is 8.08. The molecule has 0 aromatic heterocycles. The fourth-order valence-electron chi connectivity index (χ4n) is 1.95. The van der Waals surface area contributed by atoms with Crippen molar-refractivity contribution in [3.63, 3.8) is 0 Å². The molecular formula is C12H17NO3S. The zero-order valence-electron chi connectivity index (χ0n) is 9.63. The van der Waals surface area contributed by atoms with Gasteiger partial charge in [-0.15, -0.1) is 0 Å². The van der Waals surface area contributed by atoms with Gasteiger partial charge >= 0.3 is 0 Å². The van der Waals surface area contributed by atoms with E-state index in [1.54, 1.807) is 24.3 Å². The van der Waals surface area contributed by atoms with Gasteiger partial charge in [0.15, 0.2) is 9.84 Å². The molecule has 1 atom stereocenters. The number of nitrogen functional groups attached to an aromatic ring is 1. The number of benzene rings is 1. The van der Waals surface area contributed by atoms with Gasteiger partial charge in [-0.2, -0.15) is 0 Å². The van der Waals surface area contributed by atoms with E-state index in [-0.39, 0.29) is 11.9 Å². The Morgan fingerprint density at radius 1 is 1.29 bits per heavy atom. The van der Waals surface area contributed by atoms with Gasteiger partial charge in [0, 0.05) is 12.3 Å². The zero-order chi connectivity index (χ0) is 12.3. The van der Waals surface area contributed by atoms with Crippen LogP contribution in [0.15, 0.2) is 29.2 Å². The van der Waals surface area contributed by atoms with Crippen LogP contribution >= 0.6 is 0 Å². The predicted molar refractivity (Wildman–Crippen MR) is 66.5 cm³/mol. The van der Waals surface area contributed by atoms with Crippen molar-refractivity contribution in [2.75, 3.05) is 18.1 Å². The second-order valence-corrected chi connectivity index (χ2v) is 6.42. The molecule has 17 heavy (non-hydrogen) atoms. The largest absolute Gasteiger partial charge is 0.399 e. The second-order valence-electron chi connectivity index (χ2n) is 4.31. The molecule has 1 aromatic rings. The van der Waals surface area contributed by atoms with Gasteiger partial charge in [0.25, 0.3) is 0 Å². The highest BCUT2D eigenvalue weighted by atomic mass is 32.2. The van der Waals surface area contributed by atoms with E-state index in [0.29, 0.717) is 17.0 Å². The summed E-state index contributed by atoms with van der Waals surface area (Å²) < 4.78 is 29.4. The summed E-state index contributed by atoms with van der Waals surface area (Å²) in [6, 6.07) is 6.33. The third-order valence-corrected chi connectivity index (χ3v) is 4.74. The van der Waals surface area contributed by atoms with Crippen molar-refractivity contribution in [1.29, 1.82) is 0 Å². The lowest BCUT2D eigenvalue weighted by Gasteiger charge is -2.09. The van der Waals surface area contributed by atoms with Crippen molar-refractivity contribution in [1.82, 2.24) is 0 Å². The van der Waals surface area contributed by atoms with Crippen molar-refractivity contribution < 1.29 is 13.2 Å². The van der Waals surface area contributed by atoms with Gasteiger partial charge in [0.05, 0.1) is 16.8 Å². The van der Waals surface area contributed by atoms with Crippen molar-refractivity contribution in [3.05, 3.63) is 24.3 Å². The average molecular weight is 255 g/mol. The SMILES string of the molecule is Nc1ccc(S(=O)(=O)CCC2CCCO2)cc1. The maximum Gasteiger partial charge on any atom is 0.178 e. The van der Waals surface area contributed by atoms with Crippen LogP contribution in [0.3, 0.4) is 0 Å². The van der Waals surface area contributed by atoms with Crippen LogP contribution in [0.4, 0.5) is 5.69 Å². The lowest BCUT2D eigenvalue weighted by atomic mass is 10.2. The Morgan fingerprint density at radius 2 is 2.00 bits per heavy atom. The second kappa shape index (κ2) is 5.06. The third kappa shape index (κ3) is 3.20. The number of sulfone groups is 1. The highest BCUT2D eigenvalue weighted by molar-refractivity contribution is 7.91. The van der Waals surface area contributed by atoms with E-state index < -0.39 is 9.84 Å². The molecule has 0 amide bonds. The Bertz CT molecular complexity index is 461. The molecule has 1 aliphatic rings. The summed E-state index contributed by atoms with van der Waals surface area (Å²) in [7, 11) is -3.20. The van der Waals surface area contributed by atoms with Crippen LogP contribution in [-0.2, 0) is 14.6 Å². The third-order valence-electron chi connectivity index (χ3n) is 2.97. The molecule has 0 bridgehead atoms. The van der Waals surface area contributed by atoms with Gasteiger partial charge in [-0.25, -0.2) is 8.42 Å². The van der Waals surface area contributed by atoms with Gasteiger partial charge in [-0.05, 0) is 43.5 Å². The van der Waals surface area contributed by atoms with E-state index in [2.05, 4.69) is 0 Å². The number of hydrogen-bond donors (Lipinski definition) is 1. The first-order valence-electron chi connectivity index (χ1n) is 5.78. The average Bonchev–Trinajstić information content (AvgIpc) is 2.80. The molecule has 2 N–H and O–H groups in total. The molecule has 1 aromatic carbocycles. The molecule has 1 unspecified atom stereocenters. The summed E-state index contributed by atoms with van der Waals surface area (Å²) in [5, 5.41) is 0. The first-order valence-corrected chi connectivity index (χ1v) is 7.43. The molecule has 0 radical (unpaired) electrons. The van der Waals surface area contributed by atoms with Crippen LogP contribution < -0.4 is 5.73 Å². The van der Waals surface area contributed by atoms with Gasteiger partial charge in [-0.1, -0.05) is 0 Å². The van der Waals surface area contributed by atoms with Gasteiger partial charge in [0.1, 0.15) is 0 Å². The number of ether oxygens (including phenoxy) is 1. The fourth-order valence-corrected chi connectivity index (χ4v) is 3.31. The lowest BCUT2D eigenvalue weighted by molar-refractivity contribution is 0.109. The number of hydrogen-bond acceptors (Lipinski definition) is 4. The normalized spacial score (nSPS) is 20.6. The quantitative estimate of drug-likeness (QED) is 0.830. The Morgan fingerprint density at radius 3 is 2.59 bits per heavy atom. The van der Waals surface area contributed by atoms with E-state index in [1.165, 1.54) is 0 Å². The van der Waals surface area contributed by atoms with Gasteiger partial charge < -0.3 is 10.5 Å². The molecule has 4 nitrogen and oxygen atoms in total. The standard InChI is InChI=1S/C12H17NO3S/c13-10-3-5-12(6-4-10)17(14,15)9-7-11-2-1-8-16-11/h3-6,11H,1-2,7-9,13H2. The van der Waals surface area contributed by atoms with Crippen LogP contribution in [0.5, 0.6) is 0 Å². The Labute approximate surface area is 102 Å². The van der Waals surface area contributed by atoms with Crippen molar-refractivity contribution in [2.24, 2.45) is 0 Å². The molecule has 1 fully saturated rings.